The number of sulfonamides is 1. The number of hydrogen-bond donors (Lipinski definition) is 2. The lowest BCUT2D eigenvalue weighted by molar-refractivity contribution is -0.148. The summed E-state index contributed by atoms with van der Waals surface area (Å²) in [4.78, 5) is -0.111. The molecule has 1 unspecified atom stereocenters. The number of aryl methyl sites for hydroxylation is 3. The molecule has 0 heterocycles. The predicted octanol–water partition coefficient (Wildman–Crippen LogP) is 5.06. The molecule has 2 aromatic rings. The highest BCUT2D eigenvalue weighted by Crippen LogP contribution is 2.28. The highest BCUT2D eigenvalue weighted by atomic mass is 32.2. The van der Waals surface area contributed by atoms with Crippen molar-refractivity contribution >= 4 is 15.7 Å². The summed E-state index contributed by atoms with van der Waals surface area (Å²) in [5.41, 5.74) is 3.08. The van der Waals surface area contributed by atoms with Crippen LogP contribution in [-0.4, -0.2) is 27.2 Å². The van der Waals surface area contributed by atoms with Gasteiger partial charge in [0.1, 0.15) is 6.04 Å². The normalized spacial score (nSPS) is 13.6. The summed E-state index contributed by atoms with van der Waals surface area (Å²) in [6.07, 6.45) is -4.75. The van der Waals surface area contributed by atoms with E-state index < -0.39 is 28.8 Å². The van der Waals surface area contributed by atoms with Crippen molar-refractivity contribution in [2.24, 2.45) is 0 Å². The predicted molar refractivity (Wildman–Crippen MR) is 110 cm³/mol. The van der Waals surface area contributed by atoms with Crippen molar-refractivity contribution in [3.05, 3.63) is 58.7 Å². The molecule has 0 saturated heterocycles. The van der Waals surface area contributed by atoms with Gasteiger partial charge in [-0.3, -0.25) is 0 Å². The van der Waals surface area contributed by atoms with Gasteiger partial charge in [0.05, 0.1) is 4.90 Å². The molecule has 1 atom stereocenters. The SMILES string of the molecule is Cc1cc(C)c(S(=O)(=O)NC(CNc2ccccc2C(C)C)C(F)(F)F)c(C)c1. The van der Waals surface area contributed by atoms with E-state index in [0.717, 1.165) is 11.1 Å². The third kappa shape index (κ3) is 5.73. The minimum atomic E-state index is -4.75. The number of halogens is 3. The van der Waals surface area contributed by atoms with Gasteiger partial charge in [-0.2, -0.15) is 17.9 Å². The Hall–Kier alpha value is -2.06. The highest BCUT2D eigenvalue weighted by molar-refractivity contribution is 7.89. The van der Waals surface area contributed by atoms with Gasteiger partial charge in [-0.1, -0.05) is 49.7 Å². The molecule has 29 heavy (non-hydrogen) atoms. The lowest BCUT2D eigenvalue weighted by Crippen LogP contribution is -2.49. The van der Waals surface area contributed by atoms with E-state index >= 15 is 0 Å². The van der Waals surface area contributed by atoms with Crippen LogP contribution in [0.5, 0.6) is 0 Å². The minimum Gasteiger partial charge on any atom is -0.383 e. The molecule has 0 bridgehead atoms. The maximum absolute atomic E-state index is 13.6. The van der Waals surface area contributed by atoms with Crippen LogP contribution in [0, 0.1) is 20.8 Å². The van der Waals surface area contributed by atoms with Crippen LogP contribution in [0.2, 0.25) is 0 Å². The van der Waals surface area contributed by atoms with E-state index in [4.69, 9.17) is 0 Å². The van der Waals surface area contributed by atoms with Crippen LogP contribution >= 0.6 is 0 Å². The third-order valence-corrected chi connectivity index (χ3v) is 6.42. The lowest BCUT2D eigenvalue weighted by Gasteiger charge is -2.24. The van der Waals surface area contributed by atoms with Gasteiger partial charge < -0.3 is 5.32 Å². The molecule has 4 nitrogen and oxygen atoms in total. The van der Waals surface area contributed by atoms with E-state index in [-0.39, 0.29) is 10.8 Å². The topological polar surface area (TPSA) is 58.2 Å². The molecule has 0 fully saturated rings. The molecular weight excluding hydrogens is 401 g/mol. The highest BCUT2D eigenvalue weighted by Gasteiger charge is 2.42. The van der Waals surface area contributed by atoms with Gasteiger partial charge in [0, 0.05) is 12.2 Å². The van der Waals surface area contributed by atoms with Gasteiger partial charge in [-0.15, -0.1) is 0 Å². The summed E-state index contributed by atoms with van der Waals surface area (Å²) < 4.78 is 68.3. The second kappa shape index (κ2) is 8.75. The summed E-state index contributed by atoms with van der Waals surface area (Å²) >= 11 is 0. The zero-order valence-corrected chi connectivity index (χ0v) is 18.0. The number of nitrogens with one attached hydrogen (secondary N) is 2. The van der Waals surface area contributed by atoms with Gasteiger partial charge in [0.25, 0.3) is 0 Å². The monoisotopic (exact) mass is 428 g/mol. The summed E-state index contributed by atoms with van der Waals surface area (Å²) in [5.74, 6) is 0.109. The van der Waals surface area contributed by atoms with Gasteiger partial charge in [0.15, 0.2) is 0 Å². The summed E-state index contributed by atoms with van der Waals surface area (Å²) in [6.45, 7) is 8.22. The molecule has 8 heteroatoms. The van der Waals surface area contributed by atoms with Gasteiger partial charge in [-0.05, 0) is 49.4 Å². The fourth-order valence-corrected chi connectivity index (χ4v) is 5.11. The Morgan fingerprint density at radius 3 is 2.07 bits per heavy atom. The number of anilines is 1. The Labute approximate surface area is 170 Å². The summed E-state index contributed by atoms with van der Waals surface area (Å²) in [7, 11) is -4.36. The minimum absolute atomic E-state index is 0.109. The fourth-order valence-electron chi connectivity index (χ4n) is 3.43. The zero-order valence-electron chi connectivity index (χ0n) is 17.2. The Morgan fingerprint density at radius 1 is 1.00 bits per heavy atom. The van der Waals surface area contributed by atoms with Crippen molar-refractivity contribution in [1.29, 1.82) is 0 Å². The van der Waals surface area contributed by atoms with Crippen LogP contribution in [0.4, 0.5) is 18.9 Å². The van der Waals surface area contributed by atoms with E-state index in [9.17, 15) is 21.6 Å². The van der Waals surface area contributed by atoms with Crippen molar-refractivity contribution in [3.63, 3.8) is 0 Å². The van der Waals surface area contributed by atoms with Crippen LogP contribution in [0.1, 0.15) is 42.0 Å². The van der Waals surface area contributed by atoms with E-state index in [1.807, 2.05) is 30.7 Å². The van der Waals surface area contributed by atoms with Gasteiger partial charge >= 0.3 is 6.18 Å². The molecular formula is C21H27F3N2O2S. The second-order valence-electron chi connectivity index (χ2n) is 7.57. The molecule has 0 spiro atoms. The molecule has 2 aromatic carbocycles. The summed E-state index contributed by atoms with van der Waals surface area (Å²) in [5, 5.41) is 2.77. The average molecular weight is 429 g/mol. The quantitative estimate of drug-likeness (QED) is 0.648. The van der Waals surface area contributed by atoms with E-state index in [1.54, 1.807) is 45.0 Å². The smallest absolute Gasteiger partial charge is 0.383 e. The van der Waals surface area contributed by atoms with Crippen molar-refractivity contribution < 1.29 is 21.6 Å². The van der Waals surface area contributed by atoms with Gasteiger partial charge in [-0.25, -0.2) is 8.42 Å². The van der Waals surface area contributed by atoms with Crippen LogP contribution in [-0.2, 0) is 10.0 Å². The van der Waals surface area contributed by atoms with Crippen LogP contribution in [0.15, 0.2) is 41.3 Å². The number of benzene rings is 2. The maximum Gasteiger partial charge on any atom is 0.406 e. The molecule has 0 aliphatic heterocycles. The summed E-state index contributed by atoms with van der Waals surface area (Å²) in [6, 6.07) is 8.06. The standard InChI is InChI=1S/C21H27F3N2O2S/c1-13(2)17-8-6-7-9-18(17)25-12-19(21(22,23)24)26-29(27,28)20-15(4)10-14(3)11-16(20)5/h6-11,13,19,25-26H,12H2,1-5H3. The van der Waals surface area contributed by atoms with Crippen molar-refractivity contribution in [1.82, 2.24) is 4.72 Å². The van der Waals surface area contributed by atoms with E-state index in [0.29, 0.717) is 16.8 Å². The molecule has 0 amide bonds. The molecule has 160 valence electrons. The van der Waals surface area contributed by atoms with E-state index in [1.165, 1.54) is 0 Å². The zero-order chi connectivity index (χ0) is 22.0. The first kappa shape index (κ1) is 23.2. The average Bonchev–Trinajstić information content (AvgIpc) is 2.56. The first-order valence-electron chi connectivity index (χ1n) is 9.32. The number of hydrogen-bond acceptors (Lipinski definition) is 3. The second-order valence-corrected chi connectivity index (χ2v) is 9.22. The molecule has 0 saturated carbocycles. The first-order chi connectivity index (χ1) is 13.3. The van der Waals surface area contributed by atoms with Crippen molar-refractivity contribution in [2.45, 2.75) is 57.7 Å². The van der Waals surface area contributed by atoms with Crippen LogP contribution < -0.4 is 10.0 Å². The Morgan fingerprint density at radius 2 is 1.55 bits per heavy atom. The molecule has 2 rings (SSSR count). The number of para-hydroxylation sites is 1. The van der Waals surface area contributed by atoms with Crippen molar-refractivity contribution in [3.8, 4) is 0 Å². The maximum atomic E-state index is 13.6. The van der Waals surface area contributed by atoms with Crippen LogP contribution in [0.3, 0.4) is 0 Å². The Balaban J connectivity index is 2.31. The van der Waals surface area contributed by atoms with E-state index in [2.05, 4.69) is 5.32 Å². The number of alkyl halides is 3. The molecule has 0 aliphatic rings. The largest absolute Gasteiger partial charge is 0.406 e. The molecule has 0 aromatic heterocycles. The number of rotatable bonds is 7. The molecule has 0 aliphatic carbocycles. The molecule has 2 N–H and O–H groups in total. The van der Waals surface area contributed by atoms with Crippen molar-refractivity contribution in [2.75, 3.05) is 11.9 Å². The first-order valence-corrected chi connectivity index (χ1v) is 10.8. The van der Waals surface area contributed by atoms with Gasteiger partial charge in [0.2, 0.25) is 10.0 Å². The van der Waals surface area contributed by atoms with Crippen LogP contribution in [0.25, 0.3) is 0 Å². The fraction of sp³-hybridized carbons (Fsp3) is 0.429. The third-order valence-electron chi connectivity index (χ3n) is 4.65. The Bertz CT molecular complexity index is 947. The Kier molecular flexibility index (Phi) is 7.01. The lowest BCUT2D eigenvalue weighted by atomic mass is 10.0. The molecule has 0 radical (unpaired) electrons.